The third kappa shape index (κ3) is 5.32. The molecule has 0 atom stereocenters. The predicted octanol–water partition coefficient (Wildman–Crippen LogP) is 3.45. The van der Waals surface area contributed by atoms with Crippen LogP contribution in [-0.4, -0.2) is 18.0 Å². The van der Waals surface area contributed by atoms with Gasteiger partial charge in [-0.05, 0) is 30.3 Å². The Morgan fingerprint density at radius 1 is 1.00 bits per heavy atom. The number of halogens is 4. The zero-order valence-electron chi connectivity index (χ0n) is 12.5. The number of nitrogens with one attached hydrogen (secondary N) is 2. The molecule has 0 aromatic heterocycles. The van der Waals surface area contributed by atoms with Crippen LogP contribution in [0, 0.1) is 0 Å². The summed E-state index contributed by atoms with van der Waals surface area (Å²) in [6, 6.07) is 10.4. The van der Waals surface area contributed by atoms with Gasteiger partial charge in [0.2, 0.25) is 0 Å². The molecule has 5 nitrogen and oxygen atoms in total. The molecule has 0 radical (unpaired) electrons. The fourth-order valence-electron chi connectivity index (χ4n) is 1.72. The zero-order chi connectivity index (χ0) is 18.4. The molecule has 2 aromatic carbocycles. The van der Waals surface area contributed by atoms with E-state index in [0.717, 1.165) is 24.3 Å². The van der Waals surface area contributed by atoms with Gasteiger partial charge in [0, 0.05) is 16.3 Å². The number of rotatable bonds is 3. The molecule has 0 unspecified atom stereocenters. The Kier molecular flexibility index (Phi) is 5.76. The quantitative estimate of drug-likeness (QED) is 0.494. The third-order valence-corrected chi connectivity index (χ3v) is 3.30. The van der Waals surface area contributed by atoms with E-state index in [4.69, 9.17) is 11.6 Å². The molecular formula is C16H11ClF3N3O2. The Morgan fingerprint density at radius 3 is 2.24 bits per heavy atom. The summed E-state index contributed by atoms with van der Waals surface area (Å²) in [6.45, 7) is 0. The maximum Gasteiger partial charge on any atom is 0.416 e. The van der Waals surface area contributed by atoms with Gasteiger partial charge in [-0.3, -0.25) is 9.59 Å². The molecular weight excluding hydrogens is 359 g/mol. The molecule has 9 heteroatoms. The second-order valence-corrected chi connectivity index (χ2v) is 5.16. The Morgan fingerprint density at radius 2 is 1.64 bits per heavy atom. The highest BCUT2D eigenvalue weighted by molar-refractivity contribution is 6.39. The average molecular weight is 370 g/mol. The summed E-state index contributed by atoms with van der Waals surface area (Å²) in [5.41, 5.74) is 1.71. The minimum absolute atomic E-state index is 0.0447. The van der Waals surface area contributed by atoms with Crippen molar-refractivity contribution < 1.29 is 22.8 Å². The molecule has 2 aromatic rings. The summed E-state index contributed by atoms with van der Waals surface area (Å²) in [6.07, 6.45) is -3.22. The van der Waals surface area contributed by atoms with E-state index in [1.807, 2.05) is 5.43 Å². The number of anilines is 1. The lowest BCUT2D eigenvalue weighted by atomic mass is 10.2. The van der Waals surface area contributed by atoms with Gasteiger partial charge in [-0.25, -0.2) is 5.43 Å². The molecule has 0 spiro atoms. The van der Waals surface area contributed by atoms with E-state index in [9.17, 15) is 22.8 Å². The molecule has 2 N–H and O–H groups in total. The lowest BCUT2D eigenvalue weighted by Crippen LogP contribution is -2.32. The van der Waals surface area contributed by atoms with E-state index in [1.54, 1.807) is 24.3 Å². The van der Waals surface area contributed by atoms with Gasteiger partial charge >= 0.3 is 18.0 Å². The normalized spacial score (nSPS) is 11.4. The number of hydrogen-bond donors (Lipinski definition) is 2. The van der Waals surface area contributed by atoms with E-state index < -0.39 is 23.6 Å². The third-order valence-electron chi connectivity index (χ3n) is 2.95. The molecule has 2 rings (SSSR count). The van der Waals surface area contributed by atoms with Crippen LogP contribution in [0.2, 0.25) is 5.02 Å². The monoisotopic (exact) mass is 369 g/mol. The fourth-order valence-corrected chi connectivity index (χ4v) is 1.91. The first-order valence-corrected chi connectivity index (χ1v) is 7.21. The molecule has 25 heavy (non-hydrogen) atoms. The Labute approximate surface area is 145 Å². The number of amides is 2. The van der Waals surface area contributed by atoms with Crippen molar-refractivity contribution in [1.82, 2.24) is 5.43 Å². The van der Waals surface area contributed by atoms with Crippen molar-refractivity contribution in [3.63, 3.8) is 0 Å². The predicted molar refractivity (Wildman–Crippen MR) is 87.3 cm³/mol. The molecule has 2 amide bonds. The van der Waals surface area contributed by atoms with Gasteiger partial charge in [-0.1, -0.05) is 29.8 Å². The summed E-state index contributed by atoms with van der Waals surface area (Å²) < 4.78 is 37.3. The first-order valence-electron chi connectivity index (χ1n) is 6.83. The molecule has 130 valence electrons. The fraction of sp³-hybridized carbons (Fsp3) is 0.0625. The van der Waals surface area contributed by atoms with Gasteiger partial charge < -0.3 is 5.32 Å². The number of alkyl halides is 3. The van der Waals surface area contributed by atoms with Gasteiger partial charge in [0.15, 0.2) is 0 Å². The van der Waals surface area contributed by atoms with Crippen LogP contribution in [0.15, 0.2) is 53.6 Å². The second-order valence-electron chi connectivity index (χ2n) is 4.75. The van der Waals surface area contributed by atoms with Crippen molar-refractivity contribution in [3.8, 4) is 0 Å². The largest absolute Gasteiger partial charge is 0.416 e. The molecule has 0 heterocycles. The number of nitrogens with zero attached hydrogens (tertiary/aromatic N) is 1. The summed E-state index contributed by atoms with van der Waals surface area (Å²) in [7, 11) is 0. The number of carbonyl (C=O) groups is 2. The standard InChI is InChI=1S/C16H11ClF3N3O2/c17-13-4-2-1-3-10(13)9-21-23-15(25)14(24)22-12-7-5-11(6-8-12)16(18,19)20/h1-9H,(H,22,24)(H,23,25). The highest BCUT2D eigenvalue weighted by atomic mass is 35.5. The van der Waals surface area contributed by atoms with Gasteiger partial charge in [0.1, 0.15) is 0 Å². The van der Waals surface area contributed by atoms with Crippen molar-refractivity contribution in [2.45, 2.75) is 6.18 Å². The van der Waals surface area contributed by atoms with Crippen LogP contribution < -0.4 is 10.7 Å². The van der Waals surface area contributed by atoms with Crippen molar-refractivity contribution in [3.05, 3.63) is 64.7 Å². The summed E-state index contributed by atoms with van der Waals surface area (Å²) >= 11 is 5.89. The van der Waals surface area contributed by atoms with E-state index >= 15 is 0 Å². The van der Waals surface area contributed by atoms with Crippen LogP contribution >= 0.6 is 11.6 Å². The first kappa shape index (κ1) is 18.5. The van der Waals surface area contributed by atoms with Gasteiger partial charge in [-0.15, -0.1) is 0 Å². The molecule has 0 aliphatic heterocycles. The van der Waals surface area contributed by atoms with Crippen molar-refractivity contribution in [2.75, 3.05) is 5.32 Å². The SMILES string of the molecule is O=C(NN=Cc1ccccc1Cl)C(=O)Nc1ccc(C(F)(F)F)cc1. The number of hydrogen-bond acceptors (Lipinski definition) is 3. The lowest BCUT2D eigenvalue weighted by Gasteiger charge is -2.08. The maximum atomic E-state index is 12.4. The molecule has 0 fully saturated rings. The zero-order valence-corrected chi connectivity index (χ0v) is 13.2. The molecule has 0 saturated carbocycles. The smallest absolute Gasteiger partial charge is 0.318 e. The topological polar surface area (TPSA) is 70.6 Å². The van der Waals surface area contributed by atoms with Crippen LogP contribution in [0.3, 0.4) is 0 Å². The van der Waals surface area contributed by atoms with Crippen LogP contribution in [0.4, 0.5) is 18.9 Å². The molecule has 0 saturated heterocycles. The minimum Gasteiger partial charge on any atom is -0.318 e. The van der Waals surface area contributed by atoms with Crippen LogP contribution in [0.1, 0.15) is 11.1 Å². The Balaban J connectivity index is 1.92. The van der Waals surface area contributed by atoms with Crippen LogP contribution in [0.5, 0.6) is 0 Å². The maximum absolute atomic E-state index is 12.4. The van der Waals surface area contributed by atoms with Crippen molar-refractivity contribution in [1.29, 1.82) is 0 Å². The van der Waals surface area contributed by atoms with Crippen LogP contribution in [-0.2, 0) is 15.8 Å². The molecule has 0 bridgehead atoms. The highest BCUT2D eigenvalue weighted by Crippen LogP contribution is 2.29. The van der Waals surface area contributed by atoms with E-state index in [0.29, 0.717) is 10.6 Å². The van der Waals surface area contributed by atoms with Gasteiger partial charge in [0.25, 0.3) is 0 Å². The first-order chi connectivity index (χ1) is 11.8. The highest BCUT2D eigenvalue weighted by Gasteiger charge is 2.30. The summed E-state index contributed by atoms with van der Waals surface area (Å²) in [5.74, 6) is -2.15. The van der Waals surface area contributed by atoms with Gasteiger partial charge in [-0.2, -0.15) is 18.3 Å². The van der Waals surface area contributed by atoms with Crippen molar-refractivity contribution in [2.24, 2.45) is 5.10 Å². The van der Waals surface area contributed by atoms with E-state index in [1.165, 1.54) is 6.21 Å². The summed E-state index contributed by atoms with van der Waals surface area (Å²) in [5, 5.41) is 6.17. The summed E-state index contributed by atoms with van der Waals surface area (Å²) in [4.78, 5) is 23.3. The van der Waals surface area contributed by atoms with Gasteiger partial charge in [0.05, 0.1) is 11.8 Å². The van der Waals surface area contributed by atoms with E-state index in [2.05, 4.69) is 10.4 Å². The Bertz CT molecular complexity index is 805. The van der Waals surface area contributed by atoms with Crippen molar-refractivity contribution >= 4 is 35.3 Å². The van der Waals surface area contributed by atoms with Crippen LogP contribution in [0.25, 0.3) is 0 Å². The number of hydrazone groups is 1. The molecule has 0 aliphatic rings. The van der Waals surface area contributed by atoms with E-state index in [-0.39, 0.29) is 5.69 Å². The second kappa shape index (κ2) is 7.80. The number of carbonyl (C=O) groups excluding carboxylic acids is 2. The molecule has 0 aliphatic carbocycles. The number of benzene rings is 2. The average Bonchev–Trinajstić information content (AvgIpc) is 2.56. The lowest BCUT2D eigenvalue weighted by molar-refractivity contribution is -0.137. The Hall–Kier alpha value is -2.87. The minimum atomic E-state index is -4.48.